The number of likely N-dealkylation sites (tertiary alicyclic amines) is 1. The molecule has 1 aliphatic rings. The molecule has 0 aromatic heterocycles. The van der Waals surface area contributed by atoms with Crippen LogP contribution in [0.1, 0.15) is 18.4 Å². The average Bonchev–Trinajstić information content (AvgIpc) is 2.28. The molecule has 1 heterocycles. The van der Waals surface area contributed by atoms with E-state index in [0.29, 0.717) is 6.54 Å². The number of benzene rings is 1. The fourth-order valence-electron chi connectivity index (χ4n) is 2.32. The summed E-state index contributed by atoms with van der Waals surface area (Å²) in [6, 6.07) is 10.2. The van der Waals surface area contributed by atoms with Crippen molar-refractivity contribution in [3.63, 3.8) is 0 Å². The number of piperidine rings is 1. The third-order valence-corrected chi connectivity index (χ3v) is 3.64. The molecule has 1 aliphatic heterocycles. The number of nitrogens with zero attached hydrogens (tertiary/aromatic N) is 1. The van der Waals surface area contributed by atoms with Gasteiger partial charge in [0.25, 0.3) is 10.1 Å². The predicted molar refractivity (Wildman–Crippen MR) is 70.7 cm³/mol. The van der Waals surface area contributed by atoms with E-state index in [0.717, 1.165) is 32.2 Å². The second kappa shape index (κ2) is 5.82. The first-order valence-corrected chi connectivity index (χ1v) is 7.99. The van der Waals surface area contributed by atoms with E-state index in [4.69, 9.17) is 4.18 Å². The van der Waals surface area contributed by atoms with Crippen LogP contribution < -0.4 is 0 Å². The molecule has 0 aliphatic carbocycles. The van der Waals surface area contributed by atoms with Crippen molar-refractivity contribution in [1.29, 1.82) is 0 Å². The zero-order chi connectivity index (χ0) is 13.0. The summed E-state index contributed by atoms with van der Waals surface area (Å²) in [5, 5.41) is 0. The topological polar surface area (TPSA) is 46.6 Å². The molecular weight excluding hydrogens is 250 g/mol. The van der Waals surface area contributed by atoms with Gasteiger partial charge in [-0.2, -0.15) is 8.42 Å². The van der Waals surface area contributed by atoms with Gasteiger partial charge in [-0.3, -0.25) is 9.08 Å². The summed E-state index contributed by atoms with van der Waals surface area (Å²) >= 11 is 0. The maximum absolute atomic E-state index is 11.1. The molecule has 0 radical (unpaired) electrons. The van der Waals surface area contributed by atoms with E-state index in [-0.39, 0.29) is 6.10 Å². The van der Waals surface area contributed by atoms with Crippen LogP contribution >= 0.6 is 0 Å². The number of hydrogen-bond donors (Lipinski definition) is 0. The Bertz CT molecular complexity index is 472. The monoisotopic (exact) mass is 269 g/mol. The van der Waals surface area contributed by atoms with Gasteiger partial charge in [0.1, 0.15) is 0 Å². The van der Waals surface area contributed by atoms with Gasteiger partial charge in [-0.05, 0) is 24.9 Å². The molecule has 4 nitrogen and oxygen atoms in total. The van der Waals surface area contributed by atoms with Gasteiger partial charge >= 0.3 is 0 Å². The van der Waals surface area contributed by atoms with Gasteiger partial charge in [0, 0.05) is 13.1 Å². The van der Waals surface area contributed by atoms with Crippen LogP contribution in [0.15, 0.2) is 30.3 Å². The van der Waals surface area contributed by atoms with Gasteiger partial charge < -0.3 is 0 Å². The molecule has 0 N–H and O–H groups in total. The standard InChI is InChI=1S/C13H19NO3S/c1-18(15,16)17-13-8-5-9-14(11-13)10-12-6-3-2-4-7-12/h2-4,6-7,13H,5,8-11H2,1H3. The minimum absolute atomic E-state index is 0.197. The predicted octanol–water partition coefficient (Wildman–Crippen LogP) is 1.63. The fraction of sp³-hybridized carbons (Fsp3) is 0.538. The minimum atomic E-state index is -3.35. The number of hydrogen-bond acceptors (Lipinski definition) is 4. The SMILES string of the molecule is CS(=O)(=O)OC1CCCN(Cc2ccccc2)C1. The molecule has 5 heteroatoms. The van der Waals surface area contributed by atoms with Crippen LogP contribution in [-0.4, -0.2) is 38.8 Å². The Morgan fingerprint density at radius 3 is 2.72 bits per heavy atom. The molecule has 1 saturated heterocycles. The second-order valence-corrected chi connectivity index (χ2v) is 6.39. The molecule has 1 aromatic carbocycles. The summed E-state index contributed by atoms with van der Waals surface area (Å²) in [6.07, 6.45) is 2.71. The van der Waals surface area contributed by atoms with E-state index in [9.17, 15) is 8.42 Å². The van der Waals surface area contributed by atoms with E-state index in [1.54, 1.807) is 0 Å². The molecule has 0 amide bonds. The zero-order valence-corrected chi connectivity index (χ0v) is 11.4. The summed E-state index contributed by atoms with van der Waals surface area (Å²) in [6.45, 7) is 2.53. The van der Waals surface area contributed by atoms with Gasteiger partial charge in [-0.15, -0.1) is 0 Å². The molecule has 0 spiro atoms. The molecule has 1 aromatic rings. The normalized spacial score (nSPS) is 21.9. The van der Waals surface area contributed by atoms with Gasteiger partial charge in [-0.25, -0.2) is 0 Å². The lowest BCUT2D eigenvalue weighted by Crippen LogP contribution is -2.39. The van der Waals surface area contributed by atoms with Crippen molar-refractivity contribution < 1.29 is 12.6 Å². The van der Waals surface area contributed by atoms with Gasteiger partial charge in [0.05, 0.1) is 12.4 Å². The minimum Gasteiger partial charge on any atom is -0.296 e. The molecular formula is C13H19NO3S. The van der Waals surface area contributed by atoms with Crippen LogP contribution in [-0.2, 0) is 20.8 Å². The first-order valence-electron chi connectivity index (χ1n) is 6.17. The molecule has 2 rings (SSSR count). The van der Waals surface area contributed by atoms with Crippen molar-refractivity contribution >= 4 is 10.1 Å². The van der Waals surface area contributed by atoms with Crippen molar-refractivity contribution in [2.24, 2.45) is 0 Å². The molecule has 0 saturated carbocycles. The van der Waals surface area contributed by atoms with Crippen molar-refractivity contribution in [1.82, 2.24) is 4.90 Å². The van der Waals surface area contributed by atoms with E-state index < -0.39 is 10.1 Å². The molecule has 1 fully saturated rings. The maximum atomic E-state index is 11.1. The lowest BCUT2D eigenvalue weighted by molar-refractivity contribution is 0.0899. The van der Waals surface area contributed by atoms with E-state index in [1.165, 1.54) is 5.56 Å². The summed E-state index contributed by atoms with van der Waals surface area (Å²) in [5.74, 6) is 0. The Balaban J connectivity index is 1.91. The van der Waals surface area contributed by atoms with Gasteiger partial charge in [-0.1, -0.05) is 30.3 Å². The van der Waals surface area contributed by atoms with Crippen LogP contribution in [0.5, 0.6) is 0 Å². The second-order valence-electron chi connectivity index (χ2n) is 4.79. The van der Waals surface area contributed by atoms with E-state index in [2.05, 4.69) is 17.0 Å². The van der Waals surface area contributed by atoms with Gasteiger partial charge in [0.2, 0.25) is 0 Å². The fourth-order valence-corrected chi connectivity index (χ4v) is 2.98. The Morgan fingerprint density at radius 1 is 1.33 bits per heavy atom. The van der Waals surface area contributed by atoms with Crippen LogP contribution in [0.4, 0.5) is 0 Å². The molecule has 1 unspecified atom stereocenters. The van der Waals surface area contributed by atoms with Crippen LogP contribution in [0.3, 0.4) is 0 Å². The summed E-state index contributed by atoms with van der Waals surface area (Å²) in [7, 11) is -3.35. The molecule has 18 heavy (non-hydrogen) atoms. The van der Waals surface area contributed by atoms with Crippen LogP contribution in [0.25, 0.3) is 0 Å². The highest BCUT2D eigenvalue weighted by atomic mass is 32.2. The Kier molecular flexibility index (Phi) is 4.37. The quantitative estimate of drug-likeness (QED) is 0.779. The smallest absolute Gasteiger partial charge is 0.264 e. The molecule has 0 bridgehead atoms. The third kappa shape index (κ3) is 4.40. The summed E-state index contributed by atoms with van der Waals surface area (Å²) in [5.41, 5.74) is 1.25. The van der Waals surface area contributed by atoms with Crippen LogP contribution in [0.2, 0.25) is 0 Å². The number of rotatable bonds is 4. The first kappa shape index (κ1) is 13.5. The highest BCUT2D eigenvalue weighted by Crippen LogP contribution is 2.17. The average molecular weight is 269 g/mol. The van der Waals surface area contributed by atoms with E-state index >= 15 is 0 Å². The molecule has 1 atom stereocenters. The summed E-state index contributed by atoms with van der Waals surface area (Å²) < 4.78 is 27.3. The lowest BCUT2D eigenvalue weighted by Gasteiger charge is -2.31. The van der Waals surface area contributed by atoms with Crippen molar-refractivity contribution in [2.75, 3.05) is 19.3 Å². The van der Waals surface area contributed by atoms with Crippen LogP contribution in [0, 0.1) is 0 Å². The lowest BCUT2D eigenvalue weighted by atomic mass is 10.1. The van der Waals surface area contributed by atoms with Crippen molar-refractivity contribution in [3.05, 3.63) is 35.9 Å². The largest absolute Gasteiger partial charge is 0.296 e. The zero-order valence-electron chi connectivity index (χ0n) is 10.6. The van der Waals surface area contributed by atoms with Crippen molar-refractivity contribution in [2.45, 2.75) is 25.5 Å². The van der Waals surface area contributed by atoms with Gasteiger partial charge in [0.15, 0.2) is 0 Å². The summed E-state index contributed by atoms with van der Waals surface area (Å²) in [4.78, 5) is 2.24. The molecule has 100 valence electrons. The highest BCUT2D eigenvalue weighted by molar-refractivity contribution is 7.86. The maximum Gasteiger partial charge on any atom is 0.264 e. The van der Waals surface area contributed by atoms with E-state index in [1.807, 2.05) is 18.2 Å². The Morgan fingerprint density at radius 2 is 2.06 bits per heavy atom. The third-order valence-electron chi connectivity index (χ3n) is 3.02. The first-order chi connectivity index (χ1) is 8.53. The highest BCUT2D eigenvalue weighted by Gasteiger charge is 2.23. The van der Waals surface area contributed by atoms with Crippen molar-refractivity contribution in [3.8, 4) is 0 Å². The Labute approximate surface area is 109 Å². The Hall–Kier alpha value is -0.910.